The number of aryl methyl sites for hydroxylation is 4. The normalized spacial score (nSPS) is 13.9. The van der Waals surface area contributed by atoms with Crippen molar-refractivity contribution in [3.63, 3.8) is 0 Å². The molecule has 0 unspecified atom stereocenters. The predicted molar refractivity (Wildman–Crippen MR) is 143 cm³/mol. The summed E-state index contributed by atoms with van der Waals surface area (Å²) in [6, 6.07) is 24.9. The third kappa shape index (κ3) is 3.22. The van der Waals surface area contributed by atoms with Gasteiger partial charge in [0.2, 0.25) is 5.69 Å². The summed E-state index contributed by atoms with van der Waals surface area (Å²) in [4.78, 5) is 2.52. The Morgan fingerprint density at radius 3 is 1.97 bits per heavy atom. The number of rotatable bonds is 3. The van der Waals surface area contributed by atoms with Crippen molar-refractivity contribution in [1.82, 2.24) is 4.57 Å². The highest BCUT2D eigenvalue weighted by Crippen LogP contribution is 2.37. The third-order valence-electron chi connectivity index (χ3n) is 7.57. The molecule has 0 aliphatic carbocycles. The van der Waals surface area contributed by atoms with Crippen LogP contribution in [0.5, 0.6) is 0 Å². The lowest BCUT2D eigenvalue weighted by Crippen LogP contribution is -2.31. The average Bonchev–Trinajstić information content (AvgIpc) is 3.48. The van der Waals surface area contributed by atoms with Gasteiger partial charge in [0.05, 0.1) is 16.6 Å². The van der Waals surface area contributed by atoms with Gasteiger partial charge in [-0.05, 0) is 62.4 Å². The summed E-state index contributed by atoms with van der Waals surface area (Å²) in [7, 11) is 2.16. The number of aromatic nitrogens is 2. The van der Waals surface area contributed by atoms with Gasteiger partial charge in [0.1, 0.15) is 7.05 Å². The largest absolute Gasteiger partial charge is 0.371 e. The van der Waals surface area contributed by atoms with Gasteiger partial charge in [-0.3, -0.25) is 0 Å². The summed E-state index contributed by atoms with van der Waals surface area (Å²) >= 11 is 0. The van der Waals surface area contributed by atoms with Crippen LogP contribution in [0.25, 0.3) is 38.8 Å². The molecule has 34 heavy (non-hydrogen) atoms. The zero-order valence-corrected chi connectivity index (χ0v) is 20.6. The molecule has 0 radical (unpaired) electrons. The standard InChI is InChI=1S/C31H32N3/c1-21-13-14-25(19-28(21)29-20-24(15-18-32(29)4)33-16-5-6-17-33)34-30-22(2)9-7-11-26(30)27-12-8-10-23(3)31(27)34/h7-15,18-20H,5-6,16-17H2,1-4H3/q+1. The molecule has 0 atom stereocenters. The fourth-order valence-electron chi connectivity index (χ4n) is 5.74. The highest BCUT2D eigenvalue weighted by molar-refractivity contribution is 6.11. The first-order valence-corrected chi connectivity index (χ1v) is 12.4. The van der Waals surface area contributed by atoms with Gasteiger partial charge in [-0.15, -0.1) is 0 Å². The Hall–Kier alpha value is -3.59. The van der Waals surface area contributed by atoms with Gasteiger partial charge in [0.15, 0.2) is 6.20 Å². The van der Waals surface area contributed by atoms with Crippen molar-refractivity contribution in [2.24, 2.45) is 7.05 Å². The van der Waals surface area contributed by atoms with Gasteiger partial charge >= 0.3 is 0 Å². The number of benzene rings is 3. The van der Waals surface area contributed by atoms with Crippen LogP contribution in [0.4, 0.5) is 5.69 Å². The van der Waals surface area contributed by atoms with Gasteiger partial charge in [0, 0.05) is 47.4 Å². The number of hydrogen-bond acceptors (Lipinski definition) is 1. The highest BCUT2D eigenvalue weighted by atomic mass is 15.1. The maximum atomic E-state index is 2.52. The predicted octanol–water partition coefficient (Wildman–Crippen LogP) is 6.80. The maximum absolute atomic E-state index is 2.52. The lowest BCUT2D eigenvalue weighted by atomic mass is 10.0. The Morgan fingerprint density at radius 2 is 1.32 bits per heavy atom. The van der Waals surface area contributed by atoms with Crippen molar-refractivity contribution in [2.75, 3.05) is 18.0 Å². The molecule has 170 valence electrons. The zero-order chi connectivity index (χ0) is 23.4. The van der Waals surface area contributed by atoms with Crippen LogP contribution in [0.1, 0.15) is 29.5 Å². The van der Waals surface area contributed by atoms with E-state index in [0.29, 0.717) is 0 Å². The molecule has 1 aliphatic rings. The van der Waals surface area contributed by atoms with Crippen LogP contribution >= 0.6 is 0 Å². The van der Waals surface area contributed by atoms with Crippen molar-refractivity contribution >= 4 is 27.5 Å². The number of para-hydroxylation sites is 2. The molecule has 0 N–H and O–H groups in total. The first-order chi connectivity index (χ1) is 16.5. The van der Waals surface area contributed by atoms with E-state index in [2.05, 4.69) is 115 Å². The molecule has 0 saturated carbocycles. The summed E-state index contributed by atoms with van der Waals surface area (Å²) in [5.41, 5.74) is 11.6. The summed E-state index contributed by atoms with van der Waals surface area (Å²) in [6.07, 6.45) is 4.79. The molecule has 1 saturated heterocycles. The van der Waals surface area contributed by atoms with Crippen molar-refractivity contribution < 1.29 is 4.57 Å². The van der Waals surface area contributed by atoms with Crippen molar-refractivity contribution in [1.29, 1.82) is 0 Å². The van der Waals surface area contributed by atoms with E-state index >= 15 is 0 Å². The lowest BCUT2D eigenvalue weighted by Gasteiger charge is -2.18. The minimum absolute atomic E-state index is 1.16. The molecule has 3 heteroatoms. The van der Waals surface area contributed by atoms with Crippen molar-refractivity contribution in [2.45, 2.75) is 33.6 Å². The first kappa shape index (κ1) is 21.0. The molecule has 5 aromatic rings. The van der Waals surface area contributed by atoms with Gasteiger partial charge in [0.25, 0.3) is 0 Å². The van der Waals surface area contributed by atoms with E-state index in [0.717, 1.165) is 13.1 Å². The summed E-state index contributed by atoms with van der Waals surface area (Å²) in [6.45, 7) is 8.99. The van der Waals surface area contributed by atoms with Crippen molar-refractivity contribution in [3.8, 4) is 16.9 Å². The van der Waals surface area contributed by atoms with Crippen LogP contribution in [0, 0.1) is 20.8 Å². The Labute approximate surface area is 201 Å². The molecule has 0 spiro atoms. The van der Waals surface area contributed by atoms with Crippen LogP contribution in [-0.4, -0.2) is 17.7 Å². The Kier molecular flexibility index (Phi) is 4.95. The number of fused-ring (bicyclic) bond motifs is 3. The summed E-state index contributed by atoms with van der Waals surface area (Å²) in [5, 5.41) is 2.64. The number of nitrogens with zero attached hydrogens (tertiary/aromatic N) is 3. The van der Waals surface area contributed by atoms with Crippen LogP contribution in [0.15, 0.2) is 72.9 Å². The minimum Gasteiger partial charge on any atom is -0.371 e. The zero-order valence-electron chi connectivity index (χ0n) is 20.6. The van der Waals surface area contributed by atoms with E-state index in [1.165, 1.54) is 74.0 Å². The monoisotopic (exact) mass is 446 g/mol. The number of hydrogen-bond donors (Lipinski definition) is 0. The molecule has 3 aromatic carbocycles. The summed E-state index contributed by atoms with van der Waals surface area (Å²) in [5.74, 6) is 0. The van der Waals surface area contributed by atoms with Crippen LogP contribution in [0.2, 0.25) is 0 Å². The van der Waals surface area contributed by atoms with Gasteiger partial charge < -0.3 is 9.47 Å². The van der Waals surface area contributed by atoms with Crippen molar-refractivity contribution in [3.05, 3.63) is 89.6 Å². The highest BCUT2D eigenvalue weighted by Gasteiger charge is 2.21. The van der Waals surface area contributed by atoms with Gasteiger partial charge in [-0.2, -0.15) is 0 Å². The SMILES string of the molecule is Cc1ccc(-n2c3c(C)cccc3c3cccc(C)c32)cc1-c1cc(N2CCCC2)cc[n+]1C. The second-order valence-electron chi connectivity index (χ2n) is 9.85. The van der Waals surface area contributed by atoms with E-state index < -0.39 is 0 Å². The van der Waals surface area contributed by atoms with E-state index in [1.54, 1.807) is 0 Å². The number of anilines is 1. The van der Waals surface area contributed by atoms with Crippen LogP contribution < -0.4 is 9.47 Å². The molecule has 3 nitrogen and oxygen atoms in total. The Balaban J connectivity index is 1.61. The second kappa shape index (κ2) is 8.02. The number of pyridine rings is 1. The smallest absolute Gasteiger partial charge is 0.214 e. The van der Waals surface area contributed by atoms with Gasteiger partial charge in [-0.1, -0.05) is 42.5 Å². The average molecular weight is 447 g/mol. The molecule has 3 heterocycles. The summed E-state index contributed by atoms with van der Waals surface area (Å²) < 4.78 is 4.73. The maximum Gasteiger partial charge on any atom is 0.214 e. The Bertz CT molecular complexity index is 1490. The molecule has 0 bridgehead atoms. The Morgan fingerprint density at radius 1 is 0.676 bits per heavy atom. The molecule has 6 rings (SSSR count). The molecular formula is C31H32N3+. The molecule has 0 amide bonds. The lowest BCUT2D eigenvalue weighted by molar-refractivity contribution is -0.660. The fraction of sp³-hybridized carbons (Fsp3) is 0.258. The van der Waals surface area contributed by atoms with E-state index in [9.17, 15) is 0 Å². The van der Waals surface area contributed by atoms with Gasteiger partial charge in [-0.25, -0.2) is 4.57 Å². The molecule has 1 fully saturated rings. The first-order valence-electron chi connectivity index (χ1n) is 12.4. The van der Waals surface area contributed by atoms with E-state index in [1.807, 2.05) is 0 Å². The van der Waals surface area contributed by atoms with E-state index in [-0.39, 0.29) is 0 Å². The van der Waals surface area contributed by atoms with E-state index in [4.69, 9.17) is 0 Å². The topological polar surface area (TPSA) is 12.1 Å². The molecular weight excluding hydrogens is 414 g/mol. The quantitative estimate of drug-likeness (QED) is 0.278. The fourth-order valence-corrected chi connectivity index (χ4v) is 5.74. The molecule has 2 aromatic heterocycles. The third-order valence-corrected chi connectivity index (χ3v) is 7.57. The van der Waals surface area contributed by atoms with Crippen LogP contribution in [-0.2, 0) is 7.05 Å². The molecule has 1 aliphatic heterocycles. The second-order valence-corrected chi connectivity index (χ2v) is 9.85. The minimum atomic E-state index is 1.16. The van der Waals surface area contributed by atoms with Crippen LogP contribution in [0.3, 0.4) is 0 Å².